The van der Waals surface area contributed by atoms with Crippen LogP contribution in [0.2, 0.25) is 0 Å². The first-order chi connectivity index (χ1) is 9.77. The van der Waals surface area contributed by atoms with E-state index in [0.29, 0.717) is 0 Å². The quantitative estimate of drug-likeness (QED) is 0.683. The van der Waals surface area contributed by atoms with Crippen LogP contribution in [-0.2, 0) is 6.18 Å². The Morgan fingerprint density at radius 2 is 1.76 bits per heavy atom. The third-order valence-electron chi connectivity index (χ3n) is 2.54. The van der Waals surface area contributed by atoms with Crippen molar-refractivity contribution in [1.29, 1.82) is 0 Å². The molecule has 2 aromatic carbocycles. The number of nitro groups is 1. The van der Waals surface area contributed by atoms with E-state index in [1.807, 2.05) is 0 Å². The first-order valence-electron chi connectivity index (χ1n) is 5.60. The summed E-state index contributed by atoms with van der Waals surface area (Å²) < 4.78 is 42.8. The number of alkyl halides is 3. The van der Waals surface area contributed by atoms with Crippen LogP contribution in [0.3, 0.4) is 0 Å². The zero-order valence-electron chi connectivity index (χ0n) is 10.3. The fourth-order valence-corrected chi connectivity index (χ4v) is 1.59. The van der Waals surface area contributed by atoms with Gasteiger partial charge in [-0.05, 0) is 24.3 Å². The maximum Gasteiger partial charge on any atom is 0.416 e. The van der Waals surface area contributed by atoms with E-state index < -0.39 is 28.1 Å². The molecule has 0 saturated carbocycles. The molecule has 110 valence electrons. The summed E-state index contributed by atoms with van der Waals surface area (Å²) in [5.41, 5.74) is -1.41. The van der Waals surface area contributed by atoms with Gasteiger partial charge in [-0.3, -0.25) is 10.1 Å². The number of nitro benzene ring substituents is 1. The van der Waals surface area contributed by atoms with E-state index in [2.05, 4.69) is 0 Å². The van der Waals surface area contributed by atoms with Gasteiger partial charge < -0.3 is 9.84 Å². The van der Waals surface area contributed by atoms with Crippen LogP contribution >= 0.6 is 0 Å². The van der Waals surface area contributed by atoms with Crippen molar-refractivity contribution >= 4 is 5.69 Å². The fraction of sp³-hybridized carbons (Fsp3) is 0.0769. The second-order valence-corrected chi connectivity index (χ2v) is 4.04. The maximum absolute atomic E-state index is 12.5. The van der Waals surface area contributed by atoms with Crippen LogP contribution in [-0.4, -0.2) is 10.0 Å². The molecule has 21 heavy (non-hydrogen) atoms. The van der Waals surface area contributed by atoms with Crippen molar-refractivity contribution in [3.8, 4) is 17.2 Å². The Morgan fingerprint density at radius 3 is 2.33 bits per heavy atom. The SMILES string of the molecule is O=[N+]([O-])c1ccc(Oc2cccc(C(F)(F)F)c2)cc1O. The summed E-state index contributed by atoms with van der Waals surface area (Å²) in [5, 5.41) is 19.9. The number of phenols is 1. The molecule has 0 amide bonds. The zero-order valence-corrected chi connectivity index (χ0v) is 10.3. The van der Waals surface area contributed by atoms with Gasteiger partial charge in [0.2, 0.25) is 0 Å². The molecular formula is C13H8F3NO4. The van der Waals surface area contributed by atoms with E-state index >= 15 is 0 Å². The van der Waals surface area contributed by atoms with Gasteiger partial charge in [0, 0.05) is 12.1 Å². The van der Waals surface area contributed by atoms with Crippen LogP contribution in [0, 0.1) is 10.1 Å². The number of nitrogens with zero attached hydrogens (tertiary/aromatic N) is 1. The van der Waals surface area contributed by atoms with Crippen LogP contribution in [0.25, 0.3) is 0 Å². The molecule has 0 heterocycles. The second kappa shape index (κ2) is 5.31. The maximum atomic E-state index is 12.5. The van der Waals surface area contributed by atoms with Crippen LogP contribution in [0.4, 0.5) is 18.9 Å². The lowest BCUT2D eigenvalue weighted by Crippen LogP contribution is -2.04. The average Bonchev–Trinajstić information content (AvgIpc) is 2.37. The highest BCUT2D eigenvalue weighted by Gasteiger charge is 2.30. The predicted molar refractivity (Wildman–Crippen MR) is 66.3 cm³/mol. The minimum absolute atomic E-state index is 0.0163. The highest BCUT2D eigenvalue weighted by Crippen LogP contribution is 2.35. The predicted octanol–water partition coefficient (Wildman–Crippen LogP) is 4.11. The smallest absolute Gasteiger partial charge is 0.416 e. The Bertz CT molecular complexity index is 685. The van der Waals surface area contributed by atoms with E-state index in [-0.39, 0.29) is 11.5 Å². The lowest BCUT2D eigenvalue weighted by atomic mass is 10.2. The van der Waals surface area contributed by atoms with Crippen LogP contribution in [0.1, 0.15) is 5.56 Å². The molecule has 0 unspecified atom stereocenters. The summed E-state index contributed by atoms with van der Waals surface area (Å²) in [5.74, 6) is -0.750. The van der Waals surface area contributed by atoms with E-state index in [0.717, 1.165) is 24.3 Å². The molecule has 0 aliphatic carbocycles. The topological polar surface area (TPSA) is 72.6 Å². The van der Waals surface area contributed by atoms with Gasteiger partial charge in [0.05, 0.1) is 10.5 Å². The summed E-state index contributed by atoms with van der Waals surface area (Å²) in [6.45, 7) is 0. The largest absolute Gasteiger partial charge is 0.502 e. The van der Waals surface area contributed by atoms with E-state index in [9.17, 15) is 28.4 Å². The van der Waals surface area contributed by atoms with Gasteiger partial charge in [-0.2, -0.15) is 13.2 Å². The molecule has 1 N–H and O–H groups in total. The zero-order chi connectivity index (χ0) is 15.6. The van der Waals surface area contributed by atoms with Gasteiger partial charge >= 0.3 is 11.9 Å². The lowest BCUT2D eigenvalue weighted by Gasteiger charge is -2.10. The van der Waals surface area contributed by atoms with Gasteiger partial charge in [0.25, 0.3) is 0 Å². The number of hydrogen-bond donors (Lipinski definition) is 1. The molecule has 2 rings (SSSR count). The molecule has 0 aliphatic heterocycles. The Balaban J connectivity index is 2.27. The third-order valence-corrected chi connectivity index (χ3v) is 2.54. The standard InChI is InChI=1S/C13H8F3NO4/c14-13(15,16)8-2-1-3-9(6-8)21-10-4-5-11(17(19)20)12(18)7-10/h1-7,18H. The summed E-state index contributed by atoms with van der Waals surface area (Å²) in [6.07, 6.45) is -4.50. The molecule has 0 atom stereocenters. The van der Waals surface area contributed by atoms with Crippen LogP contribution in [0.5, 0.6) is 17.2 Å². The number of hydrogen-bond acceptors (Lipinski definition) is 4. The first kappa shape index (κ1) is 14.6. The molecule has 5 nitrogen and oxygen atoms in total. The number of rotatable bonds is 3. The van der Waals surface area contributed by atoms with E-state index in [4.69, 9.17) is 4.74 Å². The molecule has 0 spiro atoms. The molecule has 0 radical (unpaired) electrons. The first-order valence-corrected chi connectivity index (χ1v) is 5.60. The van der Waals surface area contributed by atoms with E-state index in [1.54, 1.807) is 0 Å². The van der Waals surface area contributed by atoms with Crippen molar-refractivity contribution in [1.82, 2.24) is 0 Å². The van der Waals surface area contributed by atoms with Gasteiger partial charge in [-0.1, -0.05) is 6.07 Å². The monoisotopic (exact) mass is 299 g/mol. The van der Waals surface area contributed by atoms with Gasteiger partial charge in [-0.15, -0.1) is 0 Å². The normalized spacial score (nSPS) is 11.2. The molecule has 2 aromatic rings. The van der Waals surface area contributed by atoms with Crippen molar-refractivity contribution in [2.24, 2.45) is 0 Å². The Hall–Kier alpha value is -2.77. The second-order valence-electron chi connectivity index (χ2n) is 4.04. The van der Waals surface area contributed by atoms with Crippen molar-refractivity contribution < 1.29 is 27.9 Å². The molecular weight excluding hydrogens is 291 g/mol. The van der Waals surface area contributed by atoms with Crippen molar-refractivity contribution in [2.75, 3.05) is 0 Å². The number of ether oxygens (including phenoxy) is 1. The Morgan fingerprint density at radius 1 is 1.10 bits per heavy atom. The molecule has 8 heteroatoms. The van der Waals surface area contributed by atoms with E-state index in [1.165, 1.54) is 18.2 Å². The average molecular weight is 299 g/mol. The summed E-state index contributed by atoms with van der Waals surface area (Å²) in [6, 6.07) is 7.28. The third kappa shape index (κ3) is 3.41. The highest BCUT2D eigenvalue weighted by atomic mass is 19.4. The van der Waals surface area contributed by atoms with Gasteiger partial charge in [0.15, 0.2) is 5.75 Å². The number of phenolic OH excluding ortho intramolecular Hbond substituents is 1. The molecule has 0 fully saturated rings. The fourth-order valence-electron chi connectivity index (χ4n) is 1.59. The van der Waals surface area contributed by atoms with Crippen molar-refractivity contribution in [3.05, 3.63) is 58.1 Å². The molecule has 0 aromatic heterocycles. The van der Waals surface area contributed by atoms with Crippen molar-refractivity contribution in [3.63, 3.8) is 0 Å². The summed E-state index contributed by atoms with van der Waals surface area (Å²) in [7, 11) is 0. The molecule has 0 bridgehead atoms. The Kier molecular flexibility index (Phi) is 3.70. The molecule has 0 aliphatic rings. The van der Waals surface area contributed by atoms with Crippen LogP contribution < -0.4 is 4.74 Å². The number of halogens is 3. The van der Waals surface area contributed by atoms with Crippen LogP contribution in [0.15, 0.2) is 42.5 Å². The number of benzene rings is 2. The van der Waals surface area contributed by atoms with Gasteiger partial charge in [-0.25, -0.2) is 0 Å². The lowest BCUT2D eigenvalue weighted by molar-refractivity contribution is -0.385. The minimum atomic E-state index is -4.50. The van der Waals surface area contributed by atoms with Crippen molar-refractivity contribution in [2.45, 2.75) is 6.18 Å². The Labute approximate surface area is 116 Å². The summed E-state index contributed by atoms with van der Waals surface area (Å²) >= 11 is 0. The summed E-state index contributed by atoms with van der Waals surface area (Å²) in [4.78, 5) is 9.74. The number of aromatic hydroxyl groups is 1. The highest BCUT2D eigenvalue weighted by molar-refractivity contribution is 5.50. The van der Waals surface area contributed by atoms with Gasteiger partial charge in [0.1, 0.15) is 11.5 Å². The molecule has 0 saturated heterocycles. The minimum Gasteiger partial charge on any atom is -0.502 e.